The Bertz CT molecular complexity index is 706. The zero-order valence-electron chi connectivity index (χ0n) is 15.4. The van der Waals surface area contributed by atoms with Gasteiger partial charge in [-0.25, -0.2) is 9.78 Å². The van der Waals surface area contributed by atoms with Crippen LogP contribution in [0.1, 0.15) is 24.6 Å². The number of aromatic nitrogens is 2. The summed E-state index contributed by atoms with van der Waals surface area (Å²) in [6.07, 6.45) is 4.29. The van der Waals surface area contributed by atoms with Gasteiger partial charge in [-0.2, -0.15) is 0 Å². The monoisotopic (exact) mass is 354 g/mol. The molecule has 1 fully saturated rings. The Hall–Kier alpha value is -2.63. The quantitative estimate of drug-likeness (QED) is 0.893. The number of aryl methyl sites for hydroxylation is 1. The van der Waals surface area contributed by atoms with Crippen LogP contribution in [-0.4, -0.2) is 35.7 Å². The van der Waals surface area contributed by atoms with Crippen molar-refractivity contribution in [1.82, 2.24) is 15.3 Å². The largest absolute Gasteiger partial charge is 0.445 e. The minimum absolute atomic E-state index is 0.298. The van der Waals surface area contributed by atoms with Crippen molar-refractivity contribution in [2.75, 3.05) is 24.5 Å². The first-order chi connectivity index (χ1) is 12.6. The lowest BCUT2D eigenvalue weighted by Gasteiger charge is -2.37. The number of anilines is 1. The van der Waals surface area contributed by atoms with Crippen LogP contribution in [0.5, 0.6) is 0 Å². The molecule has 26 heavy (non-hydrogen) atoms. The van der Waals surface area contributed by atoms with Crippen molar-refractivity contribution in [2.24, 2.45) is 11.8 Å². The number of rotatable bonds is 5. The number of hydrogen-bond acceptors (Lipinski definition) is 5. The molecule has 1 aromatic heterocycles. The third-order valence-corrected chi connectivity index (χ3v) is 4.90. The van der Waals surface area contributed by atoms with E-state index in [9.17, 15) is 4.79 Å². The highest BCUT2D eigenvalue weighted by Gasteiger charge is 2.27. The van der Waals surface area contributed by atoms with E-state index in [1.165, 1.54) is 0 Å². The third-order valence-electron chi connectivity index (χ3n) is 4.90. The van der Waals surface area contributed by atoms with Crippen molar-refractivity contribution >= 4 is 11.9 Å². The Kier molecular flexibility index (Phi) is 6.04. The summed E-state index contributed by atoms with van der Waals surface area (Å²) in [6.45, 7) is 6.94. The standard InChI is InChI=1S/C20H26N4O2/c1-15-13-24(19-12-21-16(2)10-22-19)9-8-18(15)11-23-20(25)26-14-17-6-4-3-5-7-17/h3-7,10,12,15,18H,8-9,11,13-14H2,1-2H3,(H,23,25)/t15-,18?/m1/s1. The molecule has 1 saturated heterocycles. The summed E-state index contributed by atoms with van der Waals surface area (Å²) in [5.41, 5.74) is 1.92. The summed E-state index contributed by atoms with van der Waals surface area (Å²) >= 11 is 0. The lowest BCUT2D eigenvalue weighted by atomic mass is 9.87. The van der Waals surface area contributed by atoms with E-state index in [0.717, 1.165) is 36.6 Å². The molecule has 1 unspecified atom stereocenters. The Morgan fingerprint density at radius 3 is 2.77 bits per heavy atom. The van der Waals surface area contributed by atoms with E-state index in [1.807, 2.05) is 43.5 Å². The average molecular weight is 354 g/mol. The summed E-state index contributed by atoms with van der Waals surface area (Å²) in [4.78, 5) is 23.0. The molecule has 1 aliphatic heterocycles. The fourth-order valence-corrected chi connectivity index (χ4v) is 3.24. The molecule has 0 spiro atoms. The second-order valence-corrected chi connectivity index (χ2v) is 6.93. The number of benzene rings is 1. The van der Waals surface area contributed by atoms with Crippen LogP contribution in [0.3, 0.4) is 0 Å². The summed E-state index contributed by atoms with van der Waals surface area (Å²) in [7, 11) is 0. The molecule has 2 atom stereocenters. The number of nitrogens with zero attached hydrogens (tertiary/aromatic N) is 3. The van der Waals surface area contributed by atoms with Gasteiger partial charge in [-0.1, -0.05) is 37.3 Å². The van der Waals surface area contributed by atoms with Gasteiger partial charge in [0.1, 0.15) is 12.4 Å². The number of amides is 1. The topological polar surface area (TPSA) is 67.4 Å². The first kappa shape index (κ1) is 18.2. The molecule has 6 nitrogen and oxygen atoms in total. The second-order valence-electron chi connectivity index (χ2n) is 6.93. The maximum atomic E-state index is 11.9. The summed E-state index contributed by atoms with van der Waals surface area (Å²) in [5, 5.41) is 2.91. The number of ether oxygens (including phenoxy) is 1. The molecule has 138 valence electrons. The van der Waals surface area contributed by atoms with E-state index in [2.05, 4.69) is 27.1 Å². The van der Waals surface area contributed by atoms with Crippen molar-refractivity contribution < 1.29 is 9.53 Å². The maximum Gasteiger partial charge on any atom is 0.407 e. The van der Waals surface area contributed by atoms with Gasteiger partial charge < -0.3 is 15.0 Å². The molecule has 2 aromatic rings. The molecule has 3 rings (SSSR count). The highest BCUT2D eigenvalue weighted by Crippen LogP contribution is 2.25. The van der Waals surface area contributed by atoms with Gasteiger partial charge in [0.2, 0.25) is 0 Å². The summed E-state index contributed by atoms with van der Waals surface area (Å²) in [6, 6.07) is 9.70. The molecule has 1 amide bonds. The lowest BCUT2D eigenvalue weighted by Crippen LogP contribution is -2.44. The van der Waals surface area contributed by atoms with E-state index in [0.29, 0.717) is 25.0 Å². The van der Waals surface area contributed by atoms with Crippen LogP contribution in [0.4, 0.5) is 10.6 Å². The van der Waals surface area contributed by atoms with E-state index >= 15 is 0 Å². The lowest BCUT2D eigenvalue weighted by molar-refractivity contribution is 0.135. The highest BCUT2D eigenvalue weighted by molar-refractivity contribution is 5.67. The zero-order chi connectivity index (χ0) is 18.4. The smallest absolute Gasteiger partial charge is 0.407 e. The number of piperidine rings is 1. The molecule has 6 heteroatoms. The molecular formula is C20H26N4O2. The van der Waals surface area contributed by atoms with Crippen molar-refractivity contribution in [3.05, 3.63) is 54.0 Å². The number of alkyl carbamates (subject to hydrolysis) is 1. The molecule has 0 radical (unpaired) electrons. The molecule has 1 aliphatic rings. The third kappa shape index (κ3) is 4.94. The molecule has 0 saturated carbocycles. The van der Waals surface area contributed by atoms with Crippen LogP contribution >= 0.6 is 0 Å². The Balaban J connectivity index is 1.42. The molecule has 1 N–H and O–H groups in total. The number of carbonyl (C=O) groups excluding carboxylic acids is 1. The fourth-order valence-electron chi connectivity index (χ4n) is 3.24. The Labute approximate surface area is 154 Å². The first-order valence-electron chi connectivity index (χ1n) is 9.10. The van der Waals surface area contributed by atoms with E-state index < -0.39 is 0 Å². The summed E-state index contributed by atoms with van der Waals surface area (Å²) in [5.74, 6) is 1.83. The number of carbonyl (C=O) groups is 1. The fraction of sp³-hybridized carbons (Fsp3) is 0.450. The van der Waals surface area contributed by atoms with Gasteiger partial charge in [0.25, 0.3) is 0 Å². The first-order valence-corrected chi connectivity index (χ1v) is 9.10. The Morgan fingerprint density at radius 1 is 1.27 bits per heavy atom. The number of hydrogen-bond donors (Lipinski definition) is 1. The van der Waals surface area contributed by atoms with Gasteiger partial charge in [0.15, 0.2) is 0 Å². The van der Waals surface area contributed by atoms with Gasteiger partial charge in [0.05, 0.1) is 18.1 Å². The van der Waals surface area contributed by atoms with Gasteiger partial charge in [-0.15, -0.1) is 0 Å². The van der Waals surface area contributed by atoms with Crippen molar-refractivity contribution in [1.29, 1.82) is 0 Å². The predicted molar refractivity (Wildman–Crippen MR) is 101 cm³/mol. The maximum absolute atomic E-state index is 11.9. The van der Waals surface area contributed by atoms with E-state index in [4.69, 9.17) is 4.74 Å². The number of nitrogens with one attached hydrogen (secondary N) is 1. The zero-order valence-corrected chi connectivity index (χ0v) is 15.4. The molecule has 0 aliphatic carbocycles. The van der Waals surface area contributed by atoms with Crippen molar-refractivity contribution in [3.63, 3.8) is 0 Å². The van der Waals surface area contributed by atoms with Crippen molar-refractivity contribution in [3.8, 4) is 0 Å². The molecular weight excluding hydrogens is 328 g/mol. The van der Waals surface area contributed by atoms with E-state index in [1.54, 1.807) is 6.20 Å². The second kappa shape index (κ2) is 8.65. The minimum Gasteiger partial charge on any atom is -0.445 e. The average Bonchev–Trinajstić information content (AvgIpc) is 2.67. The van der Waals surface area contributed by atoms with Crippen LogP contribution < -0.4 is 10.2 Å². The van der Waals surface area contributed by atoms with Crippen LogP contribution in [-0.2, 0) is 11.3 Å². The van der Waals surface area contributed by atoms with Gasteiger partial charge in [0, 0.05) is 19.6 Å². The van der Waals surface area contributed by atoms with Gasteiger partial charge in [-0.3, -0.25) is 4.98 Å². The van der Waals surface area contributed by atoms with E-state index in [-0.39, 0.29) is 6.09 Å². The van der Waals surface area contributed by atoms with Crippen LogP contribution in [0.2, 0.25) is 0 Å². The summed E-state index contributed by atoms with van der Waals surface area (Å²) < 4.78 is 5.28. The molecule has 0 bridgehead atoms. The minimum atomic E-state index is -0.354. The van der Waals surface area contributed by atoms with Crippen molar-refractivity contribution in [2.45, 2.75) is 26.9 Å². The Morgan fingerprint density at radius 2 is 2.08 bits per heavy atom. The van der Waals surface area contributed by atoms with Gasteiger partial charge >= 0.3 is 6.09 Å². The predicted octanol–water partition coefficient (Wildman–Crippen LogP) is 3.17. The van der Waals surface area contributed by atoms with Gasteiger partial charge in [-0.05, 0) is 30.7 Å². The molecule has 1 aromatic carbocycles. The van der Waals surface area contributed by atoms with Crippen LogP contribution in [0.25, 0.3) is 0 Å². The van der Waals surface area contributed by atoms with Crippen LogP contribution in [0.15, 0.2) is 42.7 Å². The highest BCUT2D eigenvalue weighted by atomic mass is 16.5. The molecule has 2 heterocycles. The SMILES string of the molecule is Cc1cnc(N2CCC(CNC(=O)OCc3ccccc3)[C@H](C)C2)cn1. The normalized spacial score (nSPS) is 19.8. The van der Waals surface area contributed by atoms with Crippen LogP contribution in [0, 0.1) is 18.8 Å².